The molecule has 1 rings (SSSR count). The molecule has 1 saturated carbocycles. The fourth-order valence-electron chi connectivity index (χ4n) is 2.54. The Morgan fingerprint density at radius 1 is 1.10 bits per heavy atom. The van der Waals surface area contributed by atoms with E-state index in [0.717, 1.165) is 32.2 Å². The lowest BCUT2D eigenvalue weighted by molar-refractivity contribution is -0.126. The summed E-state index contributed by atoms with van der Waals surface area (Å²) in [5.41, 5.74) is 5.65. The van der Waals surface area contributed by atoms with Gasteiger partial charge in [-0.25, -0.2) is 0 Å². The zero-order chi connectivity index (χ0) is 14.8. The molecular weight excluding hydrogens is 258 g/mol. The number of ether oxygens (including phenoxy) is 1. The molecule has 0 aromatic carbocycles. The maximum atomic E-state index is 11.8. The highest BCUT2D eigenvalue weighted by Crippen LogP contribution is 2.29. The number of carbonyl (C=O) groups is 2. The van der Waals surface area contributed by atoms with E-state index in [4.69, 9.17) is 10.5 Å². The van der Waals surface area contributed by atoms with Crippen LogP contribution in [0, 0.1) is 11.8 Å². The molecule has 0 bridgehead atoms. The van der Waals surface area contributed by atoms with Gasteiger partial charge >= 0.3 is 0 Å². The van der Waals surface area contributed by atoms with E-state index in [1.807, 2.05) is 0 Å². The second kappa shape index (κ2) is 9.72. The van der Waals surface area contributed by atoms with Crippen LogP contribution in [0.3, 0.4) is 0 Å². The molecule has 6 heteroatoms. The van der Waals surface area contributed by atoms with Crippen molar-refractivity contribution >= 4 is 11.8 Å². The van der Waals surface area contributed by atoms with Crippen molar-refractivity contribution in [3.8, 4) is 0 Å². The third kappa shape index (κ3) is 6.86. The number of rotatable bonds is 8. The Bertz CT molecular complexity index is 302. The number of hydrogen-bond acceptors (Lipinski definition) is 4. The Kier molecular flexibility index (Phi) is 8.22. The maximum Gasteiger partial charge on any atom is 0.239 e. The molecule has 0 heterocycles. The summed E-state index contributed by atoms with van der Waals surface area (Å²) in [6.07, 6.45) is 4.88. The second-order valence-corrected chi connectivity index (χ2v) is 5.45. The fourth-order valence-corrected chi connectivity index (χ4v) is 2.54. The zero-order valence-corrected chi connectivity index (χ0v) is 12.3. The van der Waals surface area contributed by atoms with Crippen molar-refractivity contribution in [2.24, 2.45) is 17.6 Å². The molecule has 4 N–H and O–H groups in total. The van der Waals surface area contributed by atoms with Crippen LogP contribution in [-0.2, 0) is 14.3 Å². The number of hydrogen-bond donors (Lipinski definition) is 3. The normalized spacial score (nSPS) is 22.3. The van der Waals surface area contributed by atoms with E-state index in [9.17, 15) is 9.59 Å². The van der Waals surface area contributed by atoms with E-state index < -0.39 is 0 Å². The summed E-state index contributed by atoms with van der Waals surface area (Å²) in [6.45, 7) is 1.74. The van der Waals surface area contributed by atoms with Crippen LogP contribution in [-0.4, -0.2) is 45.2 Å². The van der Waals surface area contributed by atoms with Crippen molar-refractivity contribution < 1.29 is 14.3 Å². The Labute approximate surface area is 120 Å². The highest BCUT2D eigenvalue weighted by molar-refractivity contribution is 5.84. The minimum absolute atomic E-state index is 0.0388. The van der Waals surface area contributed by atoms with Crippen molar-refractivity contribution in [2.45, 2.75) is 32.1 Å². The Morgan fingerprint density at radius 3 is 2.35 bits per heavy atom. The Balaban J connectivity index is 2.10. The molecule has 0 radical (unpaired) electrons. The van der Waals surface area contributed by atoms with Crippen LogP contribution < -0.4 is 16.4 Å². The van der Waals surface area contributed by atoms with Crippen LogP contribution >= 0.6 is 0 Å². The highest BCUT2D eigenvalue weighted by Gasteiger charge is 2.22. The minimum atomic E-state index is -0.178. The van der Waals surface area contributed by atoms with Crippen molar-refractivity contribution in [1.29, 1.82) is 0 Å². The molecule has 0 saturated heterocycles. The van der Waals surface area contributed by atoms with Gasteiger partial charge in [0.15, 0.2) is 0 Å². The van der Waals surface area contributed by atoms with Crippen LogP contribution in [0.2, 0.25) is 0 Å². The largest absolute Gasteiger partial charge is 0.383 e. The fraction of sp³-hybridized carbons (Fsp3) is 0.857. The molecule has 0 aromatic heterocycles. The summed E-state index contributed by atoms with van der Waals surface area (Å²) < 4.78 is 4.83. The van der Waals surface area contributed by atoms with E-state index in [2.05, 4.69) is 10.6 Å². The van der Waals surface area contributed by atoms with Crippen LogP contribution in [0.5, 0.6) is 0 Å². The van der Waals surface area contributed by atoms with E-state index in [-0.39, 0.29) is 18.4 Å². The van der Waals surface area contributed by atoms with E-state index >= 15 is 0 Å². The number of amides is 2. The van der Waals surface area contributed by atoms with Gasteiger partial charge in [0.2, 0.25) is 11.8 Å². The molecule has 116 valence electrons. The van der Waals surface area contributed by atoms with Gasteiger partial charge in [0.05, 0.1) is 13.2 Å². The van der Waals surface area contributed by atoms with Crippen LogP contribution in [0.25, 0.3) is 0 Å². The lowest BCUT2D eigenvalue weighted by atomic mass is 9.80. The lowest BCUT2D eigenvalue weighted by Crippen LogP contribution is -2.38. The van der Waals surface area contributed by atoms with Crippen LogP contribution in [0.15, 0.2) is 0 Å². The number of methoxy groups -OCH3 is 1. The van der Waals surface area contributed by atoms with Gasteiger partial charge in [-0.2, -0.15) is 0 Å². The minimum Gasteiger partial charge on any atom is -0.383 e. The molecule has 0 aromatic rings. The first kappa shape index (κ1) is 16.9. The van der Waals surface area contributed by atoms with E-state index in [1.54, 1.807) is 7.11 Å². The second-order valence-electron chi connectivity index (χ2n) is 5.45. The first-order valence-corrected chi connectivity index (χ1v) is 7.38. The van der Waals surface area contributed by atoms with Crippen molar-refractivity contribution in [2.75, 3.05) is 33.4 Å². The molecule has 1 aliphatic rings. The van der Waals surface area contributed by atoms with Gasteiger partial charge < -0.3 is 21.1 Å². The molecule has 1 fully saturated rings. The zero-order valence-electron chi connectivity index (χ0n) is 12.3. The maximum absolute atomic E-state index is 11.8. The van der Waals surface area contributed by atoms with Gasteiger partial charge in [-0.15, -0.1) is 0 Å². The Morgan fingerprint density at radius 2 is 1.75 bits per heavy atom. The summed E-state index contributed by atoms with van der Waals surface area (Å²) in [4.78, 5) is 23.2. The predicted molar refractivity (Wildman–Crippen MR) is 77.0 cm³/mol. The number of carbonyl (C=O) groups excluding carboxylic acids is 2. The lowest BCUT2D eigenvalue weighted by Gasteiger charge is -2.27. The summed E-state index contributed by atoms with van der Waals surface area (Å²) in [5, 5.41) is 5.33. The molecule has 0 aliphatic heterocycles. The SMILES string of the molecule is COCCNC(=O)CNC(=O)CC1CCC(CN)CC1. The number of nitrogens with two attached hydrogens (primary N) is 1. The van der Waals surface area contributed by atoms with Gasteiger partial charge in [-0.1, -0.05) is 0 Å². The molecule has 0 unspecified atom stereocenters. The smallest absolute Gasteiger partial charge is 0.239 e. The third-order valence-corrected chi connectivity index (χ3v) is 3.85. The van der Waals surface area contributed by atoms with E-state index in [1.165, 1.54) is 0 Å². The first-order valence-electron chi connectivity index (χ1n) is 7.38. The molecule has 0 atom stereocenters. The molecule has 6 nitrogen and oxygen atoms in total. The summed E-state index contributed by atoms with van der Waals surface area (Å²) >= 11 is 0. The van der Waals surface area contributed by atoms with Crippen LogP contribution in [0.4, 0.5) is 0 Å². The molecule has 1 aliphatic carbocycles. The molecule has 2 amide bonds. The highest BCUT2D eigenvalue weighted by atomic mass is 16.5. The van der Waals surface area contributed by atoms with Gasteiger partial charge in [-0.3, -0.25) is 9.59 Å². The molecular formula is C14H27N3O3. The van der Waals surface area contributed by atoms with Gasteiger partial charge in [0.25, 0.3) is 0 Å². The Hall–Kier alpha value is -1.14. The van der Waals surface area contributed by atoms with E-state index in [0.29, 0.717) is 31.4 Å². The van der Waals surface area contributed by atoms with Gasteiger partial charge in [-0.05, 0) is 44.1 Å². The van der Waals surface area contributed by atoms with Gasteiger partial charge in [0.1, 0.15) is 0 Å². The van der Waals surface area contributed by atoms with Crippen molar-refractivity contribution in [3.05, 3.63) is 0 Å². The summed E-state index contributed by atoms with van der Waals surface area (Å²) in [6, 6.07) is 0. The standard InChI is InChI=1S/C14H27N3O3/c1-20-7-6-16-14(19)10-17-13(18)8-11-2-4-12(9-15)5-3-11/h11-12H,2-10,15H2,1H3,(H,16,19)(H,17,18). The van der Waals surface area contributed by atoms with Gasteiger partial charge in [0, 0.05) is 20.1 Å². The van der Waals surface area contributed by atoms with Crippen LogP contribution in [0.1, 0.15) is 32.1 Å². The average molecular weight is 285 g/mol. The quantitative estimate of drug-likeness (QED) is 0.548. The molecule has 0 spiro atoms. The average Bonchev–Trinajstić information content (AvgIpc) is 2.46. The topological polar surface area (TPSA) is 93.5 Å². The molecule has 20 heavy (non-hydrogen) atoms. The predicted octanol–water partition coefficient (Wildman–Crippen LogP) is 0.0204. The monoisotopic (exact) mass is 285 g/mol. The summed E-state index contributed by atoms with van der Waals surface area (Å²) in [7, 11) is 1.58. The number of nitrogens with one attached hydrogen (secondary N) is 2. The third-order valence-electron chi connectivity index (χ3n) is 3.85. The van der Waals surface area contributed by atoms with Crippen molar-refractivity contribution in [3.63, 3.8) is 0 Å². The first-order chi connectivity index (χ1) is 9.65. The van der Waals surface area contributed by atoms with Crippen molar-refractivity contribution in [1.82, 2.24) is 10.6 Å². The summed E-state index contributed by atoms with van der Waals surface area (Å²) in [5.74, 6) is 0.848.